The fraction of sp³-hybridized carbons (Fsp3) is 0.286. The Morgan fingerprint density at radius 1 is 1.04 bits per heavy atom. The van der Waals surface area contributed by atoms with Crippen molar-refractivity contribution in [1.82, 2.24) is 5.32 Å². The molecule has 6 nitrogen and oxygen atoms in total. The lowest BCUT2D eigenvalue weighted by Crippen LogP contribution is -2.44. The lowest BCUT2D eigenvalue weighted by molar-refractivity contribution is -0.118. The molecule has 0 aliphatic carbocycles. The van der Waals surface area contributed by atoms with Gasteiger partial charge >= 0.3 is 5.97 Å². The van der Waals surface area contributed by atoms with Crippen molar-refractivity contribution < 1.29 is 19.1 Å². The molecule has 148 valence electrons. The van der Waals surface area contributed by atoms with E-state index in [9.17, 15) is 14.4 Å². The quantitative estimate of drug-likeness (QED) is 0.687. The fourth-order valence-electron chi connectivity index (χ4n) is 2.62. The zero-order valence-corrected chi connectivity index (χ0v) is 16.7. The number of hydrogen-bond acceptors (Lipinski definition) is 4. The first-order valence-corrected chi connectivity index (χ1v) is 9.23. The molecule has 2 aromatic carbocycles. The molecule has 1 unspecified atom stereocenters. The number of halogens is 1. The molecule has 0 radical (unpaired) electrons. The highest BCUT2D eigenvalue weighted by Crippen LogP contribution is 2.15. The Bertz CT molecular complexity index is 850. The summed E-state index contributed by atoms with van der Waals surface area (Å²) in [5.41, 5.74) is 1.19. The Kier molecular flexibility index (Phi) is 7.58. The fourth-order valence-corrected chi connectivity index (χ4v) is 2.74. The molecule has 0 spiro atoms. The van der Waals surface area contributed by atoms with E-state index in [1.54, 1.807) is 42.5 Å². The van der Waals surface area contributed by atoms with Crippen molar-refractivity contribution in [1.29, 1.82) is 0 Å². The zero-order valence-electron chi connectivity index (χ0n) is 16.0. The third kappa shape index (κ3) is 6.09. The van der Waals surface area contributed by atoms with Gasteiger partial charge < -0.3 is 15.4 Å². The molecule has 2 aromatic rings. The average Bonchev–Trinajstić information content (AvgIpc) is 2.67. The summed E-state index contributed by atoms with van der Waals surface area (Å²) in [5, 5.41) is 6.04. The van der Waals surface area contributed by atoms with Crippen molar-refractivity contribution in [3.63, 3.8) is 0 Å². The summed E-state index contributed by atoms with van der Waals surface area (Å²) in [6.07, 6.45) is 0.460. The third-order valence-corrected chi connectivity index (χ3v) is 4.24. The van der Waals surface area contributed by atoms with E-state index in [4.69, 9.17) is 11.6 Å². The number of anilines is 1. The van der Waals surface area contributed by atoms with E-state index >= 15 is 0 Å². The standard InChI is InChI=1S/C21H23ClN2O4/c1-13(2)11-18(24-19(25)14-7-9-16(22)10-8-14)20(26)23-17-6-4-5-15(12-17)21(27)28-3/h4-10,12-13,18H,11H2,1-3H3,(H,23,26)(H,24,25). The summed E-state index contributed by atoms with van der Waals surface area (Å²) in [5.74, 6) is -1.03. The van der Waals surface area contributed by atoms with Crippen LogP contribution in [-0.4, -0.2) is 30.9 Å². The molecule has 0 aromatic heterocycles. The highest BCUT2D eigenvalue weighted by Gasteiger charge is 2.23. The maximum absolute atomic E-state index is 12.8. The normalized spacial score (nSPS) is 11.6. The van der Waals surface area contributed by atoms with Gasteiger partial charge in [0.2, 0.25) is 5.91 Å². The predicted octanol–water partition coefficient (Wildman–Crippen LogP) is 3.91. The van der Waals surface area contributed by atoms with Gasteiger partial charge in [-0.25, -0.2) is 4.79 Å². The lowest BCUT2D eigenvalue weighted by Gasteiger charge is -2.20. The van der Waals surface area contributed by atoms with Gasteiger partial charge in [0.15, 0.2) is 0 Å². The van der Waals surface area contributed by atoms with Crippen LogP contribution in [0.1, 0.15) is 41.0 Å². The van der Waals surface area contributed by atoms with Gasteiger partial charge in [-0.1, -0.05) is 31.5 Å². The number of ether oxygens (including phenoxy) is 1. The second-order valence-electron chi connectivity index (χ2n) is 6.72. The molecule has 1 atom stereocenters. The molecule has 2 N–H and O–H groups in total. The maximum Gasteiger partial charge on any atom is 0.337 e. The minimum atomic E-state index is -0.732. The van der Waals surface area contributed by atoms with E-state index in [1.807, 2.05) is 13.8 Å². The van der Waals surface area contributed by atoms with Crippen LogP contribution in [-0.2, 0) is 9.53 Å². The Morgan fingerprint density at radius 2 is 1.71 bits per heavy atom. The Hall–Kier alpha value is -2.86. The number of esters is 1. The maximum atomic E-state index is 12.8. The van der Waals surface area contributed by atoms with Crippen LogP contribution in [0.2, 0.25) is 5.02 Å². The molecule has 0 aliphatic heterocycles. The zero-order chi connectivity index (χ0) is 20.7. The Balaban J connectivity index is 2.13. The molecule has 0 fully saturated rings. The first-order valence-electron chi connectivity index (χ1n) is 8.86. The molecule has 0 saturated carbocycles. The van der Waals surface area contributed by atoms with E-state index in [0.717, 1.165) is 0 Å². The van der Waals surface area contributed by atoms with Crippen LogP contribution in [0.25, 0.3) is 0 Å². The molecule has 7 heteroatoms. The second-order valence-corrected chi connectivity index (χ2v) is 7.16. The number of benzene rings is 2. The smallest absolute Gasteiger partial charge is 0.337 e. The van der Waals surface area contributed by atoms with E-state index in [0.29, 0.717) is 28.3 Å². The SMILES string of the molecule is COC(=O)c1cccc(NC(=O)C(CC(C)C)NC(=O)c2ccc(Cl)cc2)c1. The van der Waals surface area contributed by atoms with Gasteiger partial charge in [-0.05, 0) is 54.8 Å². The number of carbonyl (C=O) groups is 3. The van der Waals surface area contributed by atoms with Gasteiger partial charge in [0, 0.05) is 16.3 Å². The molecular formula is C21H23ClN2O4. The Labute approximate surface area is 169 Å². The number of amides is 2. The van der Waals surface area contributed by atoms with Gasteiger partial charge in [0.1, 0.15) is 6.04 Å². The minimum Gasteiger partial charge on any atom is -0.465 e. The van der Waals surface area contributed by atoms with Gasteiger partial charge in [0.25, 0.3) is 5.91 Å². The average molecular weight is 403 g/mol. The number of rotatable bonds is 7. The van der Waals surface area contributed by atoms with Crippen LogP contribution >= 0.6 is 11.6 Å². The van der Waals surface area contributed by atoms with Crippen LogP contribution in [0.3, 0.4) is 0 Å². The summed E-state index contributed by atoms with van der Waals surface area (Å²) in [6, 6.07) is 12.1. The van der Waals surface area contributed by atoms with Crippen molar-refractivity contribution in [3.05, 3.63) is 64.7 Å². The summed E-state index contributed by atoms with van der Waals surface area (Å²) >= 11 is 5.85. The highest BCUT2D eigenvalue weighted by molar-refractivity contribution is 6.30. The van der Waals surface area contributed by atoms with E-state index < -0.39 is 12.0 Å². The molecule has 0 bridgehead atoms. The molecular weight excluding hydrogens is 380 g/mol. The van der Waals surface area contributed by atoms with Crippen LogP contribution < -0.4 is 10.6 Å². The number of carbonyl (C=O) groups excluding carboxylic acids is 3. The third-order valence-electron chi connectivity index (χ3n) is 3.99. The monoisotopic (exact) mass is 402 g/mol. The Morgan fingerprint density at radius 3 is 2.32 bits per heavy atom. The van der Waals surface area contributed by atoms with Gasteiger partial charge in [0.05, 0.1) is 12.7 Å². The first kappa shape index (κ1) is 21.4. The first-order chi connectivity index (χ1) is 13.3. The van der Waals surface area contributed by atoms with Crippen molar-refractivity contribution in [3.8, 4) is 0 Å². The van der Waals surface area contributed by atoms with Gasteiger partial charge in [-0.3, -0.25) is 9.59 Å². The minimum absolute atomic E-state index is 0.183. The van der Waals surface area contributed by atoms with Crippen LogP contribution in [0, 0.1) is 5.92 Å². The second kappa shape index (κ2) is 9.90. The predicted molar refractivity (Wildman–Crippen MR) is 109 cm³/mol. The van der Waals surface area contributed by atoms with Crippen molar-refractivity contribution >= 4 is 35.1 Å². The van der Waals surface area contributed by atoms with Crippen molar-refractivity contribution in [2.45, 2.75) is 26.3 Å². The van der Waals surface area contributed by atoms with Gasteiger partial charge in [-0.15, -0.1) is 0 Å². The van der Waals surface area contributed by atoms with E-state index in [2.05, 4.69) is 15.4 Å². The molecule has 2 rings (SSSR count). The summed E-state index contributed by atoms with van der Waals surface area (Å²) < 4.78 is 4.69. The number of nitrogens with one attached hydrogen (secondary N) is 2. The van der Waals surface area contributed by atoms with E-state index in [-0.39, 0.29) is 17.7 Å². The largest absolute Gasteiger partial charge is 0.465 e. The van der Waals surface area contributed by atoms with Crippen LogP contribution in [0.4, 0.5) is 5.69 Å². The molecule has 0 heterocycles. The van der Waals surface area contributed by atoms with Crippen LogP contribution in [0.15, 0.2) is 48.5 Å². The van der Waals surface area contributed by atoms with E-state index in [1.165, 1.54) is 13.2 Å². The summed E-state index contributed by atoms with van der Waals surface area (Å²) in [6.45, 7) is 3.93. The lowest BCUT2D eigenvalue weighted by atomic mass is 10.0. The van der Waals surface area contributed by atoms with Crippen molar-refractivity contribution in [2.75, 3.05) is 12.4 Å². The molecule has 28 heavy (non-hydrogen) atoms. The number of methoxy groups -OCH3 is 1. The van der Waals surface area contributed by atoms with Gasteiger partial charge in [-0.2, -0.15) is 0 Å². The summed E-state index contributed by atoms with van der Waals surface area (Å²) in [4.78, 5) is 36.9. The topological polar surface area (TPSA) is 84.5 Å². The van der Waals surface area contributed by atoms with Crippen LogP contribution in [0.5, 0.6) is 0 Å². The molecule has 0 aliphatic rings. The number of hydrogen-bond donors (Lipinski definition) is 2. The summed E-state index contributed by atoms with van der Waals surface area (Å²) in [7, 11) is 1.29. The molecule has 0 saturated heterocycles. The van der Waals surface area contributed by atoms with Crippen molar-refractivity contribution in [2.24, 2.45) is 5.92 Å². The highest BCUT2D eigenvalue weighted by atomic mass is 35.5. The molecule has 2 amide bonds.